The van der Waals surface area contributed by atoms with E-state index in [9.17, 15) is 22.8 Å². The van der Waals surface area contributed by atoms with Crippen molar-refractivity contribution in [1.82, 2.24) is 0 Å². The van der Waals surface area contributed by atoms with Crippen molar-refractivity contribution in [3.63, 3.8) is 0 Å². The molecule has 102 valence electrons. The second-order valence-electron chi connectivity index (χ2n) is 3.25. The van der Waals surface area contributed by atoms with Crippen LogP contribution >= 0.6 is 0 Å². The van der Waals surface area contributed by atoms with E-state index in [1.807, 2.05) is 0 Å². The molecule has 0 radical (unpaired) electrons. The van der Waals surface area contributed by atoms with Gasteiger partial charge in [-0.05, 0) is 12.1 Å². The van der Waals surface area contributed by atoms with Crippen LogP contribution in [0.5, 0.6) is 5.75 Å². The molecule has 1 rings (SSSR count). The van der Waals surface area contributed by atoms with Gasteiger partial charge in [0.2, 0.25) is 0 Å². The Balaban J connectivity index is 3.24. The summed E-state index contributed by atoms with van der Waals surface area (Å²) in [6.07, 6.45) is -4.37. The molecule has 2 N–H and O–H groups in total. The second-order valence-corrected chi connectivity index (χ2v) is 3.25. The number of carbonyl (C=O) groups is 2. The molecule has 1 aromatic rings. The first-order valence-corrected chi connectivity index (χ1v) is 4.74. The Morgan fingerprint density at radius 3 is 2.11 bits per heavy atom. The largest absolute Gasteiger partial charge is 0.573 e. The number of halogens is 3. The van der Waals surface area contributed by atoms with Crippen molar-refractivity contribution in [2.75, 3.05) is 0 Å². The van der Waals surface area contributed by atoms with Crippen molar-refractivity contribution in [2.45, 2.75) is 6.36 Å². The molecule has 5 nitrogen and oxygen atoms in total. The van der Waals surface area contributed by atoms with Gasteiger partial charge in [-0.15, -0.1) is 13.2 Å². The maximum Gasteiger partial charge on any atom is 0.573 e. The molecule has 0 aromatic heterocycles. The van der Waals surface area contributed by atoms with Gasteiger partial charge < -0.3 is 14.9 Å². The fourth-order valence-corrected chi connectivity index (χ4v) is 1.19. The highest BCUT2D eigenvalue weighted by molar-refractivity contribution is 6.16. The molecule has 0 bridgehead atoms. The normalized spacial score (nSPS) is 10.7. The number of aliphatic carboxylic acids is 2. The van der Waals surface area contributed by atoms with Crippen LogP contribution in [0, 0.1) is 0 Å². The highest BCUT2D eigenvalue weighted by Crippen LogP contribution is 2.27. The third kappa shape index (κ3) is 4.34. The predicted octanol–water partition coefficient (Wildman–Crippen LogP) is 2.14. The summed E-state index contributed by atoms with van der Waals surface area (Å²) in [4.78, 5) is 21.3. The number of hydrogen-bond donors (Lipinski definition) is 2. The molecule has 0 atom stereocenters. The zero-order valence-corrected chi connectivity index (χ0v) is 9.14. The standard InChI is InChI=1S/C11H7F3O5/c12-11(13,14)19-8-4-2-1-3-6(8)5-7(9(15)16)10(17)18/h1-5H,(H,15,16)(H,17,18). The molecule has 0 saturated carbocycles. The van der Waals surface area contributed by atoms with Crippen LogP contribution in [0.2, 0.25) is 0 Å². The van der Waals surface area contributed by atoms with Crippen molar-refractivity contribution in [1.29, 1.82) is 0 Å². The van der Waals surface area contributed by atoms with Crippen LogP contribution in [-0.4, -0.2) is 28.5 Å². The van der Waals surface area contributed by atoms with E-state index in [0.717, 1.165) is 12.1 Å². The molecule has 8 heteroatoms. The first-order valence-electron chi connectivity index (χ1n) is 4.74. The maximum atomic E-state index is 12.1. The van der Waals surface area contributed by atoms with Crippen LogP contribution < -0.4 is 4.74 Å². The molecule has 0 aliphatic rings. The number of carboxylic acids is 2. The smallest absolute Gasteiger partial charge is 0.477 e. The van der Waals surface area contributed by atoms with E-state index in [-0.39, 0.29) is 5.56 Å². The molecule has 0 aliphatic carbocycles. The number of rotatable bonds is 4. The van der Waals surface area contributed by atoms with Crippen LogP contribution in [0.4, 0.5) is 13.2 Å². The Bertz CT molecular complexity index is 517. The topological polar surface area (TPSA) is 83.8 Å². The van der Waals surface area contributed by atoms with Gasteiger partial charge in [-0.1, -0.05) is 18.2 Å². The van der Waals surface area contributed by atoms with Gasteiger partial charge in [-0.3, -0.25) is 0 Å². The first-order chi connectivity index (χ1) is 8.70. The Morgan fingerprint density at radius 1 is 1.11 bits per heavy atom. The molecule has 0 fully saturated rings. The number of carboxylic acid groups (broad SMARTS) is 2. The first kappa shape index (κ1) is 14.6. The van der Waals surface area contributed by atoms with Gasteiger partial charge in [0.15, 0.2) is 0 Å². The van der Waals surface area contributed by atoms with E-state index < -0.39 is 29.6 Å². The van der Waals surface area contributed by atoms with Crippen molar-refractivity contribution in [3.05, 3.63) is 35.4 Å². The summed E-state index contributed by atoms with van der Waals surface area (Å²) >= 11 is 0. The van der Waals surface area contributed by atoms with Crippen LogP contribution in [0.25, 0.3) is 6.08 Å². The lowest BCUT2D eigenvalue weighted by Crippen LogP contribution is -2.18. The number of hydrogen-bond acceptors (Lipinski definition) is 3. The summed E-state index contributed by atoms with van der Waals surface area (Å²) < 4.78 is 40.0. The minimum absolute atomic E-state index is 0.306. The molecule has 0 unspecified atom stereocenters. The molecule has 1 aromatic carbocycles. The van der Waals surface area contributed by atoms with Crippen LogP contribution in [0.3, 0.4) is 0 Å². The molecule has 0 spiro atoms. The van der Waals surface area contributed by atoms with Crippen LogP contribution in [0.1, 0.15) is 5.56 Å². The Morgan fingerprint density at radius 2 is 1.63 bits per heavy atom. The number of alkyl halides is 3. The minimum atomic E-state index is -4.96. The van der Waals surface area contributed by atoms with Crippen LogP contribution in [-0.2, 0) is 9.59 Å². The molecule has 19 heavy (non-hydrogen) atoms. The third-order valence-electron chi connectivity index (χ3n) is 1.91. The summed E-state index contributed by atoms with van der Waals surface area (Å²) in [6, 6.07) is 4.60. The van der Waals surface area contributed by atoms with E-state index in [1.54, 1.807) is 0 Å². The number of para-hydroxylation sites is 1. The molecular weight excluding hydrogens is 269 g/mol. The van der Waals surface area contributed by atoms with Crippen molar-refractivity contribution in [2.24, 2.45) is 0 Å². The SMILES string of the molecule is O=C(O)C(=Cc1ccccc1OC(F)(F)F)C(=O)O. The molecule has 0 saturated heterocycles. The van der Waals surface area contributed by atoms with Gasteiger partial charge in [0, 0.05) is 5.56 Å². The van der Waals surface area contributed by atoms with Gasteiger partial charge in [0.25, 0.3) is 0 Å². The summed E-state index contributed by atoms with van der Waals surface area (Å²) in [5, 5.41) is 17.2. The highest BCUT2D eigenvalue weighted by Gasteiger charge is 2.32. The third-order valence-corrected chi connectivity index (χ3v) is 1.91. The van der Waals surface area contributed by atoms with Crippen molar-refractivity contribution in [3.8, 4) is 5.75 Å². The van der Waals surface area contributed by atoms with Gasteiger partial charge in [0.1, 0.15) is 11.3 Å². The van der Waals surface area contributed by atoms with Gasteiger partial charge in [-0.2, -0.15) is 0 Å². The zero-order valence-electron chi connectivity index (χ0n) is 9.14. The number of benzene rings is 1. The fourth-order valence-electron chi connectivity index (χ4n) is 1.19. The second kappa shape index (κ2) is 5.42. The van der Waals surface area contributed by atoms with Gasteiger partial charge in [0.05, 0.1) is 0 Å². The summed E-state index contributed by atoms with van der Waals surface area (Å²) in [5.74, 6) is -4.22. The fraction of sp³-hybridized carbons (Fsp3) is 0.0909. The summed E-state index contributed by atoms with van der Waals surface area (Å²) in [7, 11) is 0. The number of ether oxygens (including phenoxy) is 1. The summed E-state index contributed by atoms with van der Waals surface area (Å²) in [5.41, 5.74) is -1.38. The Labute approximate surface area is 104 Å². The molecule has 0 aliphatic heterocycles. The maximum absolute atomic E-state index is 12.1. The predicted molar refractivity (Wildman–Crippen MR) is 56.4 cm³/mol. The zero-order chi connectivity index (χ0) is 14.6. The quantitative estimate of drug-likeness (QED) is 0.500. The molecular formula is C11H7F3O5. The van der Waals surface area contributed by atoms with Crippen molar-refractivity contribution < 1.29 is 37.7 Å². The lowest BCUT2D eigenvalue weighted by Gasteiger charge is -2.11. The molecule has 0 heterocycles. The Hall–Kier alpha value is -2.51. The van der Waals surface area contributed by atoms with E-state index in [2.05, 4.69) is 4.74 Å². The van der Waals surface area contributed by atoms with E-state index in [0.29, 0.717) is 6.08 Å². The highest BCUT2D eigenvalue weighted by atomic mass is 19.4. The van der Waals surface area contributed by atoms with Gasteiger partial charge in [-0.25, -0.2) is 9.59 Å². The minimum Gasteiger partial charge on any atom is -0.477 e. The van der Waals surface area contributed by atoms with E-state index in [4.69, 9.17) is 10.2 Å². The van der Waals surface area contributed by atoms with Gasteiger partial charge >= 0.3 is 18.3 Å². The van der Waals surface area contributed by atoms with Crippen LogP contribution in [0.15, 0.2) is 29.8 Å². The lowest BCUT2D eigenvalue weighted by atomic mass is 10.1. The van der Waals surface area contributed by atoms with E-state index >= 15 is 0 Å². The van der Waals surface area contributed by atoms with Crippen molar-refractivity contribution >= 4 is 18.0 Å². The Kier molecular flexibility index (Phi) is 4.15. The van der Waals surface area contributed by atoms with E-state index in [1.165, 1.54) is 12.1 Å². The molecule has 0 amide bonds. The monoisotopic (exact) mass is 276 g/mol. The average Bonchev–Trinajstić information content (AvgIpc) is 2.24. The summed E-state index contributed by atoms with van der Waals surface area (Å²) in [6.45, 7) is 0. The average molecular weight is 276 g/mol. The lowest BCUT2D eigenvalue weighted by molar-refractivity contribution is -0.274.